The van der Waals surface area contributed by atoms with Crippen LogP contribution in [0.15, 0.2) is 0 Å². The lowest BCUT2D eigenvalue weighted by Crippen LogP contribution is -2.17. The zero-order valence-electron chi connectivity index (χ0n) is 7.76. The largest absolute Gasteiger partial charge is 0.303 e. The number of aldehydes is 1. The number of carbonyl (C=O) groups excluding carboxylic acids is 1. The van der Waals surface area contributed by atoms with E-state index in [9.17, 15) is 4.79 Å². The molecular weight excluding hydrogens is 136 g/mol. The maximum atomic E-state index is 10.5. The molecule has 0 amide bonds. The fourth-order valence-electron chi connectivity index (χ4n) is 1.93. The number of hydrogen-bond donors (Lipinski definition) is 0. The first-order valence-electron chi connectivity index (χ1n) is 4.49. The Hall–Kier alpha value is -0.330. The van der Waals surface area contributed by atoms with Gasteiger partial charge in [0.25, 0.3) is 0 Å². The third-order valence-electron chi connectivity index (χ3n) is 2.89. The van der Waals surface area contributed by atoms with E-state index in [1.165, 1.54) is 6.42 Å². The lowest BCUT2D eigenvalue weighted by molar-refractivity contribution is -0.111. The SMILES string of the molecule is CC(C)(C)C1CCC(C=O)C1. The van der Waals surface area contributed by atoms with Gasteiger partial charge in [-0.05, 0) is 30.6 Å². The summed E-state index contributed by atoms with van der Waals surface area (Å²) in [6.07, 6.45) is 4.61. The first-order chi connectivity index (χ1) is 5.04. The highest BCUT2D eigenvalue weighted by atomic mass is 16.1. The Kier molecular flexibility index (Phi) is 2.36. The molecule has 0 saturated heterocycles. The van der Waals surface area contributed by atoms with Gasteiger partial charge in [-0.15, -0.1) is 0 Å². The van der Waals surface area contributed by atoms with E-state index >= 15 is 0 Å². The van der Waals surface area contributed by atoms with Crippen LogP contribution in [-0.2, 0) is 4.79 Å². The lowest BCUT2D eigenvalue weighted by atomic mass is 9.79. The van der Waals surface area contributed by atoms with Gasteiger partial charge in [0.2, 0.25) is 0 Å². The summed E-state index contributed by atoms with van der Waals surface area (Å²) in [5.41, 5.74) is 0.401. The topological polar surface area (TPSA) is 17.1 Å². The molecule has 0 aliphatic heterocycles. The molecule has 64 valence electrons. The predicted molar refractivity (Wildman–Crippen MR) is 46.4 cm³/mol. The van der Waals surface area contributed by atoms with Crippen LogP contribution in [0.3, 0.4) is 0 Å². The molecule has 2 atom stereocenters. The van der Waals surface area contributed by atoms with Crippen molar-refractivity contribution in [3.05, 3.63) is 0 Å². The van der Waals surface area contributed by atoms with Gasteiger partial charge in [0, 0.05) is 5.92 Å². The molecule has 1 aliphatic carbocycles. The molecule has 0 aromatic rings. The second-order valence-corrected chi connectivity index (χ2v) is 4.77. The van der Waals surface area contributed by atoms with Gasteiger partial charge in [-0.2, -0.15) is 0 Å². The van der Waals surface area contributed by atoms with Gasteiger partial charge in [-0.25, -0.2) is 0 Å². The maximum Gasteiger partial charge on any atom is 0.123 e. The molecule has 0 aromatic heterocycles. The van der Waals surface area contributed by atoms with Crippen molar-refractivity contribution in [2.75, 3.05) is 0 Å². The second kappa shape index (κ2) is 2.96. The Balaban J connectivity index is 2.48. The highest BCUT2D eigenvalue weighted by molar-refractivity contribution is 5.53. The van der Waals surface area contributed by atoms with Gasteiger partial charge < -0.3 is 4.79 Å². The van der Waals surface area contributed by atoms with Crippen LogP contribution >= 0.6 is 0 Å². The molecule has 1 nitrogen and oxygen atoms in total. The fourth-order valence-corrected chi connectivity index (χ4v) is 1.93. The van der Waals surface area contributed by atoms with Gasteiger partial charge in [0.05, 0.1) is 0 Å². The molecule has 1 heteroatoms. The zero-order valence-corrected chi connectivity index (χ0v) is 7.76. The molecule has 0 radical (unpaired) electrons. The van der Waals surface area contributed by atoms with Gasteiger partial charge in [-0.3, -0.25) is 0 Å². The highest BCUT2D eigenvalue weighted by Gasteiger charge is 2.32. The summed E-state index contributed by atoms with van der Waals surface area (Å²) >= 11 is 0. The molecule has 0 spiro atoms. The molecule has 0 bridgehead atoms. The van der Waals surface area contributed by atoms with Crippen molar-refractivity contribution >= 4 is 6.29 Å². The Morgan fingerprint density at radius 2 is 1.91 bits per heavy atom. The van der Waals surface area contributed by atoms with Crippen LogP contribution in [-0.4, -0.2) is 6.29 Å². The van der Waals surface area contributed by atoms with Crippen LogP contribution in [0, 0.1) is 17.3 Å². The Morgan fingerprint density at radius 1 is 1.27 bits per heavy atom. The van der Waals surface area contributed by atoms with E-state index in [1.807, 2.05) is 0 Å². The molecule has 1 saturated carbocycles. The van der Waals surface area contributed by atoms with Gasteiger partial charge in [0.1, 0.15) is 6.29 Å². The third kappa shape index (κ3) is 2.05. The third-order valence-corrected chi connectivity index (χ3v) is 2.89. The summed E-state index contributed by atoms with van der Waals surface area (Å²) in [4.78, 5) is 10.5. The van der Waals surface area contributed by atoms with E-state index in [-0.39, 0.29) is 0 Å². The van der Waals surface area contributed by atoms with Crippen LogP contribution in [0.4, 0.5) is 0 Å². The van der Waals surface area contributed by atoms with Crippen molar-refractivity contribution in [1.82, 2.24) is 0 Å². The average molecular weight is 154 g/mol. The molecule has 0 aromatic carbocycles. The number of hydrogen-bond acceptors (Lipinski definition) is 1. The zero-order chi connectivity index (χ0) is 8.48. The van der Waals surface area contributed by atoms with Crippen LogP contribution in [0.5, 0.6) is 0 Å². The number of rotatable bonds is 1. The minimum Gasteiger partial charge on any atom is -0.303 e. The molecule has 1 fully saturated rings. The summed E-state index contributed by atoms with van der Waals surface area (Å²) < 4.78 is 0. The standard InChI is InChI=1S/C10H18O/c1-10(2,3)9-5-4-8(6-9)7-11/h7-9H,4-6H2,1-3H3. The fraction of sp³-hybridized carbons (Fsp3) is 0.900. The summed E-state index contributed by atoms with van der Waals surface area (Å²) in [7, 11) is 0. The van der Waals surface area contributed by atoms with Crippen molar-refractivity contribution in [3.63, 3.8) is 0 Å². The molecular formula is C10H18O. The lowest BCUT2D eigenvalue weighted by Gasteiger charge is -2.26. The van der Waals surface area contributed by atoms with Crippen molar-refractivity contribution in [2.24, 2.45) is 17.3 Å². The maximum absolute atomic E-state index is 10.5. The minimum atomic E-state index is 0.360. The second-order valence-electron chi connectivity index (χ2n) is 4.77. The molecule has 0 N–H and O–H groups in total. The molecule has 1 aliphatic rings. The molecule has 1 rings (SSSR count). The van der Waals surface area contributed by atoms with Crippen LogP contribution in [0.25, 0.3) is 0 Å². The number of carbonyl (C=O) groups is 1. The predicted octanol–water partition coefficient (Wildman–Crippen LogP) is 2.65. The summed E-state index contributed by atoms with van der Waals surface area (Å²) in [5, 5.41) is 0. The first-order valence-corrected chi connectivity index (χ1v) is 4.49. The van der Waals surface area contributed by atoms with E-state index in [0.29, 0.717) is 11.3 Å². The smallest absolute Gasteiger partial charge is 0.123 e. The normalized spacial score (nSPS) is 32.3. The highest BCUT2D eigenvalue weighted by Crippen LogP contribution is 2.41. The Morgan fingerprint density at radius 3 is 2.18 bits per heavy atom. The van der Waals surface area contributed by atoms with E-state index in [0.717, 1.165) is 25.0 Å². The monoisotopic (exact) mass is 154 g/mol. The van der Waals surface area contributed by atoms with Crippen molar-refractivity contribution in [3.8, 4) is 0 Å². The van der Waals surface area contributed by atoms with Crippen LogP contribution < -0.4 is 0 Å². The van der Waals surface area contributed by atoms with Crippen molar-refractivity contribution < 1.29 is 4.79 Å². The molecule has 11 heavy (non-hydrogen) atoms. The summed E-state index contributed by atoms with van der Waals surface area (Å²) in [6, 6.07) is 0. The van der Waals surface area contributed by atoms with Crippen LogP contribution in [0.1, 0.15) is 40.0 Å². The van der Waals surface area contributed by atoms with E-state index in [2.05, 4.69) is 20.8 Å². The molecule has 2 unspecified atom stereocenters. The Labute approximate surface area is 69.2 Å². The van der Waals surface area contributed by atoms with E-state index in [4.69, 9.17) is 0 Å². The van der Waals surface area contributed by atoms with E-state index < -0.39 is 0 Å². The van der Waals surface area contributed by atoms with E-state index in [1.54, 1.807) is 0 Å². The minimum absolute atomic E-state index is 0.360. The summed E-state index contributed by atoms with van der Waals surface area (Å²) in [5.74, 6) is 1.12. The Bertz CT molecular complexity index is 143. The average Bonchev–Trinajstić information content (AvgIpc) is 2.32. The van der Waals surface area contributed by atoms with Gasteiger partial charge in [-0.1, -0.05) is 20.8 Å². The van der Waals surface area contributed by atoms with Gasteiger partial charge >= 0.3 is 0 Å². The van der Waals surface area contributed by atoms with Crippen molar-refractivity contribution in [2.45, 2.75) is 40.0 Å². The van der Waals surface area contributed by atoms with Crippen LogP contribution in [0.2, 0.25) is 0 Å². The summed E-state index contributed by atoms with van der Waals surface area (Å²) in [6.45, 7) is 6.81. The quantitative estimate of drug-likeness (QED) is 0.531. The van der Waals surface area contributed by atoms with Gasteiger partial charge in [0.15, 0.2) is 0 Å². The van der Waals surface area contributed by atoms with Crippen molar-refractivity contribution in [1.29, 1.82) is 0 Å². The first kappa shape index (κ1) is 8.76. The molecule has 0 heterocycles.